The van der Waals surface area contributed by atoms with Gasteiger partial charge in [0.25, 0.3) is 0 Å². The van der Waals surface area contributed by atoms with Gasteiger partial charge in [-0.25, -0.2) is 4.99 Å². The molecule has 0 aromatic rings. The van der Waals surface area contributed by atoms with E-state index in [1.165, 1.54) is 11.8 Å². The Labute approximate surface area is 155 Å². The summed E-state index contributed by atoms with van der Waals surface area (Å²) in [6, 6.07) is -1.40. The highest BCUT2D eigenvalue weighted by Crippen LogP contribution is 2.25. The van der Waals surface area contributed by atoms with E-state index in [1.54, 1.807) is 0 Å². The quantitative estimate of drug-likeness (QED) is 0.367. The fraction of sp³-hybridized carbons (Fsp3) is 0.769. The summed E-state index contributed by atoms with van der Waals surface area (Å²) in [5.74, 6) is 0.720. The average Bonchev–Trinajstić information content (AvgIpc) is 2.41. The summed E-state index contributed by atoms with van der Waals surface area (Å²) >= 11 is 3.25. The minimum atomic E-state index is -4.17. The van der Waals surface area contributed by atoms with Crippen LogP contribution in [0.25, 0.3) is 0 Å². The van der Waals surface area contributed by atoms with Crippen LogP contribution in [0.4, 0.5) is 13.2 Å². The summed E-state index contributed by atoms with van der Waals surface area (Å²) < 4.78 is 38.9. The van der Waals surface area contributed by atoms with Gasteiger partial charge in [0.05, 0.1) is 6.54 Å². The van der Waals surface area contributed by atoms with Crippen LogP contribution in [0.15, 0.2) is 16.1 Å². The monoisotopic (exact) mass is 498 g/mol. The maximum Gasteiger partial charge on any atom is 0.403 e. The minimum absolute atomic E-state index is 0. The van der Waals surface area contributed by atoms with Crippen molar-refractivity contribution in [1.82, 2.24) is 15.1 Å². The number of nitrogens with zero attached hydrogens (tertiary/aromatic N) is 3. The van der Waals surface area contributed by atoms with Crippen LogP contribution in [-0.2, 0) is 0 Å². The first-order valence-corrected chi connectivity index (χ1v) is 7.72. The van der Waals surface area contributed by atoms with Gasteiger partial charge in [-0.1, -0.05) is 22.5 Å². The van der Waals surface area contributed by atoms with Crippen molar-refractivity contribution in [3.63, 3.8) is 0 Å². The molecule has 22 heavy (non-hydrogen) atoms. The zero-order valence-corrected chi connectivity index (χ0v) is 16.7. The molecule has 0 aromatic carbocycles. The molecule has 0 saturated carbocycles. The predicted octanol–water partition coefficient (Wildman–Crippen LogP) is 3.05. The highest BCUT2D eigenvalue weighted by atomic mass is 127. The normalized spacial score (nSPS) is 18.6. The lowest BCUT2D eigenvalue weighted by molar-refractivity contribution is -0.181. The molecule has 1 heterocycles. The SMILES string of the molecule is C=C(Br)CN=C(NCC)N1CCN(C(C)C(F)(F)F)CC1.I. The van der Waals surface area contributed by atoms with E-state index in [0.717, 1.165) is 10.4 Å². The molecule has 1 atom stereocenters. The Balaban J connectivity index is 0.00000441. The smallest absolute Gasteiger partial charge is 0.357 e. The average molecular weight is 499 g/mol. The zero-order chi connectivity index (χ0) is 16.0. The maximum absolute atomic E-state index is 12.7. The van der Waals surface area contributed by atoms with Gasteiger partial charge >= 0.3 is 6.18 Å². The van der Waals surface area contributed by atoms with Crippen molar-refractivity contribution in [3.8, 4) is 0 Å². The Morgan fingerprint density at radius 3 is 2.27 bits per heavy atom. The highest BCUT2D eigenvalue weighted by Gasteiger charge is 2.41. The van der Waals surface area contributed by atoms with Crippen molar-refractivity contribution in [2.24, 2.45) is 4.99 Å². The third-order valence-corrected chi connectivity index (χ3v) is 3.62. The number of piperazine rings is 1. The van der Waals surface area contributed by atoms with Crippen molar-refractivity contribution in [2.75, 3.05) is 39.3 Å². The summed E-state index contributed by atoms with van der Waals surface area (Å²) in [7, 11) is 0. The van der Waals surface area contributed by atoms with E-state index in [1.807, 2.05) is 11.8 Å². The predicted molar refractivity (Wildman–Crippen MR) is 98.1 cm³/mol. The van der Waals surface area contributed by atoms with E-state index >= 15 is 0 Å². The molecular weight excluding hydrogens is 476 g/mol. The summed E-state index contributed by atoms with van der Waals surface area (Å²) in [4.78, 5) is 7.85. The molecule has 0 aliphatic carbocycles. The summed E-state index contributed by atoms with van der Waals surface area (Å²) in [5, 5.41) is 3.16. The minimum Gasteiger partial charge on any atom is -0.357 e. The van der Waals surface area contributed by atoms with E-state index < -0.39 is 12.2 Å². The lowest BCUT2D eigenvalue weighted by Crippen LogP contribution is -2.56. The largest absolute Gasteiger partial charge is 0.403 e. The first-order chi connectivity index (χ1) is 9.75. The second kappa shape index (κ2) is 9.96. The van der Waals surface area contributed by atoms with Crippen LogP contribution in [0.3, 0.4) is 0 Å². The highest BCUT2D eigenvalue weighted by molar-refractivity contribution is 14.0. The lowest BCUT2D eigenvalue weighted by Gasteiger charge is -2.39. The van der Waals surface area contributed by atoms with Crippen LogP contribution in [0.2, 0.25) is 0 Å². The third kappa shape index (κ3) is 7.03. The van der Waals surface area contributed by atoms with Gasteiger partial charge in [0.15, 0.2) is 5.96 Å². The first-order valence-electron chi connectivity index (χ1n) is 6.93. The Kier molecular flexibility index (Phi) is 9.95. The van der Waals surface area contributed by atoms with Gasteiger partial charge < -0.3 is 10.2 Å². The zero-order valence-electron chi connectivity index (χ0n) is 12.8. The van der Waals surface area contributed by atoms with Gasteiger partial charge in [0.2, 0.25) is 0 Å². The molecule has 0 amide bonds. The number of halogens is 5. The molecule has 0 spiro atoms. The molecule has 4 nitrogen and oxygen atoms in total. The molecule has 0 aromatic heterocycles. The van der Waals surface area contributed by atoms with Gasteiger partial charge in [0, 0.05) is 37.2 Å². The fourth-order valence-corrected chi connectivity index (χ4v) is 2.24. The van der Waals surface area contributed by atoms with Crippen LogP contribution < -0.4 is 5.32 Å². The van der Waals surface area contributed by atoms with Crippen LogP contribution in [-0.4, -0.2) is 67.2 Å². The second-order valence-electron chi connectivity index (χ2n) is 4.93. The molecule has 1 rings (SSSR count). The van der Waals surface area contributed by atoms with Gasteiger partial charge in [-0.2, -0.15) is 13.2 Å². The van der Waals surface area contributed by atoms with Gasteiger partial charge in [-0.05, 0) is 13.8 Å². The van der Waals surface area contributed by atoms with E-state index in [0.29, 0.717) is 39.3 Å². The molecule has 0 radical (unpaired) electrons. The number of hydrogen-bond donors (Lipinski definition) is 1. The summed E-state index contributed by atoms with van der Waals surface area (Å²) in [6.07, 6.45) is -4.17. The maximum atomic E-state index is 12.7. The van der Waals surface area contributed by atoms with E-state index in [9.17, 15) is 13.2 Å². The van der Waals surface area contributed by atoms with Crippen LogP contribution in [0.5, 0.6) is 0 Å². The Morgan fingerprint density at radius 2 is 1.86 bits per heavy atom. The molecular formula is C13H23BrF3IN4. The fourth-order valence-electron chi connectivity index (χ4n) is 2.11. The molecule has 1 aliphatic rings. The lowest BCUT2D eigenvalue weighted by atomic mass is 10.2. The van der Waals surface area contributed by atoms with Crippen molar-refractivity contribution in [3.05, 3.63) is 11.1 Å². The van der Waals surface area contributed by atoms with E-state index in [2.05, 4.69) is 32.8 Å². The molecule has 9 heteroatoms. The van der Waals surface area contributed by atoms with Crippen molar-refractivity contribution in [1.29, 1.82) is 0 Å². The first kappa shape index (κ1) is 22.0. The second-order valence-corrected chi connectivity index (χ2v) is 6.05. The van der Waals surface area contributed by atoms with Crippen molar-refractivity contribution < 1.29 is 13.2 Å². The Hall–Kier alpha value is -0.0300. The molecule has 1 N–H and O–H groups in total. The number of rotatable bonds is 4. The van der Waals surface area contributed by atoms with Crippen LogP contribution in [0.1, 0.15) is 13.8 Å². The standard InChI is InChI=1S/C13H22BrF3N4.HI/c1-4-18-12(19-9-10(2)14)21-7-5-20(6-8-21)11(3)13(15,16)17;/h11H,2,4-9H2,1,3H3,(H,18,19);1H. The number of guanidine groups is 1. The number of hydrogen-bond acceptors (Lipinski definition) is 2. The van der Waals surface area contributed by atoms with Crippen molar-refractivity contribution >= 4 is 45.9 Å². The van der Waals surface area contributed by atoms with Gasteiger partial charge in [-0.3, -0.25) is 4.90 Å². The summed E-state index contributed by atoms with van der Waals surface area (Å²) in [6.45, 7) is 9.86. The molecule has 1 fully saturated rings. The Morgan fingerprint density at radius 1 is 1.32 bits per heavy atom. The topological polar surface area (TPSA) is 30.9 Å². The third-order valence-electron chi connectivity index (χ3n) is 3.37. The van der Waals surface area contributed by atoms with E-state index in [-0.39, 0.29) is 24.0 Å². The number of alkyl halides is 3. The van der Waals surface area contributed by atoms with Gasteiger partial charge in [-0.15, -0.1) is 24.0 Å². The van der Waals surface area contributed by atoms with Crippen molar-refractivity contribution in [2.45, 2.75) is 26.1 Å². The van der Waals surface area contributed by atoms with Gasteiger partial charge in [0.1, 0.15) is 6.04 Å². The molecule has 1 unspecified atom stereocenters. The molecule has 1 aliphatic heterocycles. The molecule has 0 bridgehead atoms. The number of nitrogens with one attached hydrogen (secondary N) is 1. The Bertz CT molecular complexity index is 382. The van der Waals surface area contributed by atoms with Crippen LogP contribution >= 0.6 is 39.9 Å². The molecule has 1 saturated heterocycles. The molecule has 130 valence electrons. The van der Waals surface area contributed by atoms with E-state index in [4.69, 9.17) is 0 Å². The summed E-state index contributed by atoms with van der Waals surface area (Å²) in [5.41, 5.74) is 0. The van der Waals surface area contributed by atoms with Crippen LogP contribution in [0, 0.1) is 0 Å². The number of aliphatic imine (C=N–C) groups is 1.